The summed E-state index contributed by atoms with van der Waals surface area (Å²) in [7, 11) is 0. The molecule has 1 aliphatic heterocycles. The van der Waals surface area contributed by atoms with Crippen molar-refractivity contribution >= 4 is 17.9 Å². The Morgan fingerprint density at radius 3 is 2.81 bits per heavy atom. The number of benzene rings is 2. The van der Waals surface area contributed by atoms with Gasteiger partial charge in [0.1, 0.15) is 11.8 Å². The number of nitriles is 1. The van der Waals surface area contributed by atoms with E-state index in [-0.39, 0.29) is 13.4 Å². The monoisotopic (exact) mass is 365 g/mol. The molecular formula is C19H15N3O5. The van der Waals surface area contributed by atoms with E-state index >= 15 is 0 Å². The molecule has 2 amide bonds. The Hall–Kier alpha value is -3.99. The summed E-state index contributed by atoms with van der Waals surface area (Å²) < 4.78 is 15.7. The van der Waals surface area contributed by atoms with Crippen molar-refractivity contribution in [2.75, 3.05) is 13.4 Å². The quantitative estimate of drug-likeness (QED) is 0.614. The molecule has 1 heterocycles. The lowest BCUT2D eigenvalue weighted by Gasteiger charge is -2.08. The zero-order valence-corrected chi connectivity index (χ0v) is 14.1. The second-order valence-electron chi connectivity index (χ2n) is 5.38. The molecule has 0 fully saturated rings. The molecular weight excluding hydrogens is 350 g/mol. The summed E-state index contributed by atoms with van der Waals surface area (Å²) in [6.07, 6.45) is 2.84. The fourth-order valence-corrected chi connectivity index (χ4v) is 2.23. The number of rotatable bonds is 5. The van der Waals surface area contributed by atoms with Crippen molar-refractivity contribution in [3.63, 3.8) is 0 Å². The molecule has 0 saturated heterocycles. The molecule has 2 N–H and O–H groups in total. The second kappa shape index (κ2) is 8.40. The summed E-state index contributed by atoms with van der Waals surface area (Å²) in [6, 6.07) is 13.8. The van der Waals surface area contributed by atoms with Crippen molar-refractivity contribution < 1.29 is 23.8 Å². The number of amides is 2. The number of hydrogen-bond donors (Lipinski definition) is 2. The van der Waals surface area contributed by atoms with E-state index in [1.165, 1.54) is 6.08 Å². The maximum Gasteiger partial charge on any atom is 0.276 e. The van der Waals surface area contributed by atoms with E-state index in [4.69, 9.17) is 19.5 Å². The van der Waals surface area contributed by atoms with Crippen LogP contribution in [0.1, 0.15) is 11.1 Å². The first kappa shape index (κ1) is 17.8. The molecule has 0 spiro atoms. The van der Waals surface area contributed by atoms with Crippen LogP contribution in [0.25, 0.3) is 6.08 Å². The van der Waals surface area contributed by atoms with Crippen LogP contribution in [0.4, 0.5) is 0 Å². The highest BCUT2D eigenvalue weighted by Gasteiger charge is 2.12. The number of hydrogen-bond acceptors (Lipinski definition) is 6. The first-order valence-electron chi connectivity index (χ1n) is 7.94. The highest BCUT2D eigenvalue weighted by molar-refractivity contribution is 5.93. The SMILES string of the molecule is N#Cc1ccccc1OCC(=O)NNC(=O)/C=C/c1ccc2c(c1)OCO2. The molecule has 0 unspecified atom stereocenters. The summed E-state index contributed by atoms with van der Waals surface area (Å²) in [4.78, 5) is 23.5. The van der Waals surface area contributed by atoms with Gasteiger partial charge in [-0.3, -0.25) is 20.4 Å². The Morgan fingerprint density at radius 2 is 1.96 bits per heavy atom. The lowest BCUT2D eigenvalue weighted by molar-refractivity contribution is -0.128. The number of para-hydroxylation sites is 1. The first-order chi connectivity index (χ1) is 13.2. The van der Waals surface area contributed by atoms with E-state index in [0.29, 0.717) is 22.8 Å². The van der Waals surface area contributed by atoms with E-state index in [1.54, 1.807) is 48.5 Å². The van der Waals surface area contributed by atoms with Crippen LogP contribution in [0, 0.1) is 11.3 Å². The van der Waals surface area contributed by atoms with Gasteiger partial charge in [-0.25, -0.2) is 0 Å². The number of carbonyl (C=O) groups excluding carboxylic acids is 2. The number of nitrogens with one attached hydrogen (secondary N) is 2. The molecule has 8 nitrogen and oxygen atoms in total. The van der Waals surface area contributed by atoms with Crippen LogP contribution in [0.3, 0.4) is 0 Å². The molecule has 2 aromatic rings. The average Bonchev–Trinajstić information content (AvgIpc) is 3.17. The molecule has 3 rings (SSSR count). The third-order valence-corrected chi connectivity index (χ3v) is 3.52. The van der Waals surface area contributed by atoms with E-state index in [2.05, 4.69) is 10.9 Å². The van der Waals surface area contributed by atoms with Gasteiger partial charge in [0.05, 0.1) is 5.56 Å². The van der Waals surface area contributed by atoms with E-state index in [9.17, 15) is 9.59 Å². The van der Waals surface area contributed by atoms with Gasteiger partial charge in [-0.1, -0.05) is 18.2 Å². The number of hydrazine groups is 1. The van der Waals surface area contributed by atoms with Gasteiger partial charge in [-0.2, -0.15) is 5.26 Å². The predicted molar refractivity (Wildman–Crippen MR) is 94.5 cm³/mol. The number of ether oxygens (including phenoxy) is 3. The molecule has 136 valence electrons. The van der Waals surface area contributed by atoms with Crippen molar-refractivity contribution in [1.82, 2.24) is 10.9 Å². The minimum Gasteiger partial charge on any atom is -0.482 e. The number of nitrogens with zero attached hydrogens (tertiary/aromatic N) is 1. The third-order valence-electron chi connectivity index (χ3n) is 3.52. The molecule has 0 atom stereocenters. The average molecular weight is 365 g/mol. The molecule has 0 bridgehead atoms. The Morgan fingerprint density at radius 1 is 1.15 bits per heavy atom. The molecule has 0 aliphatic carbocycles. The van der Waals surface area contributed by atoms with Crippen LogP contribution >= 0.6 is 0 Å². The van der Waals surface area contributed by atoms with Gasteiger partial charge in [0.15, 0.2) is 18.1 Å². The fourth-order valence-electron chi connectivity index (χ4n) is 2.23. The van der Waals surface area contributed by atoms with Crippen molar-refractivity contribution in [2.45, 2.75) is 0 Å². The summed E-state index contributed by atoms with van der Waals surface area (Å²) in [5.74, 6) is 0.484. The summed E-state index contributed by atoms with van der Waals surface area (Å²) in [5, 5.41) is 8.95. The van der Waals surface area contributed by atoms with Gasteiger partial charge in [0.2, 0.25) is 6.79 Å². The minimum absolute atomic E-state index is 0.177. The zero-order valence-electron chi connectivity index (χ0n) is 14.1. The van der Waals surface area contributed by atoms with Gasteiger partial charge in [0.25, 0.3) is 11.8 Å². The fraction of sp³-hybridized carbons (Fsp3) is 0.105. The Bertz CT molecular complexity index is 933. The normalized spacial score (nSPS) is 11.7. The summed E-state index contributed by atoms with van der Waals surface area (Å²) in [5.41, 5.74) is 5.54. The van der Waals surface area contributed by atoms with Crippen LogP contribution in [0.15, 0.2) is 48.5 Å². The summed E-state index contributed by atoms with van der Waals surface area (Å²) in [6.45, 7) is -0.166. The Balaban J connectivity index is 1.44. The molecule has 2 aromatic carbocycles. The van der Waals surface area contributed by atoms with Crippen molar-refractivity contribution in [1.29, 1.82) is 5.26 Å². The molecule has 1 aliphatic rings. The molecule has 0 aromatic heterocycles. The third kappa shape index (κ3) is 4.76. The van der Waals surface area contributed by atoms with Crippen molar-refractivity contribution in [3.8, 4) is 23.3 Å². The Kier molecular flexibility index (Phi) is 5.54. The summed E-state index contributed by atoms with van der Waals surface area (Å²) >= 11 is 0. The second-order valence-corrected chi connectivity index (χ2v) is 5.38. The van der Waals surface area contributed by atoms with Gasteiger partial charge >= 0.3 is 0 Å². The molecule has 0 radical (unpaired) electrons. The first-order valence-corrected chi connectivity index (χ1v) is 7.94. The number of fused-ring (bicyclic) bond motifs is 1. The van der Waals surface area contributed by atoms with Crippen LogP contribution in [0.2, 0.25) is 0 Å². The molecule has 8 heteroatoms. The van der Waals surface area contributed by atoms with E-state index in [1.807, 2.05) is 6.07 Å². The largest absolute Gasteiger partial charge is 0.482 e. The molecule has 0 saturated carbocycles. The van der Waals surface area contributed by atoms with E-state index < -0.39 is 11.8 Å². The topological polar surface area (TPSA) is 110 Å². The highest BCUT2D eigenvalue weighted by Crippen LogP contribution is 2.32. The van der Waals surface area contributed by atoms with Crippen LogP contribution in [-0.4, -0.2) is 25.2 Å². The van der Waals surface area contributed by atoms with Gasteiger partial charge in [-0.15, -0.1) is 0 Å². The van der Waals surface area contributed by atoms with Gasteiger partial charge in [-0.05, 0) is 35.9 Å². The minimum atomic E-state index is -0.562. The standard InChI is InChI=1S/C19H15N3O5/c20-10-14-3-1-2-4-15(14)25-11-19(24)22-21-18(23)8-6-13-5-7-16-17(9-13)27-12-26-16/h1-9H,11-12H2,(H,21,23)(H,22,24)/b8-6+. The molecule has 27 heavy (non-hydrogen) atoms. The van der Waals surface area contributed by atoms with Gasteiger partial charge < -0.3 is 14.2 Å². The Labute approximate surface area is 154 Å². The maximum atomic E-state index is 11.8. The van der Waals surface area contributed by atoms with Crippen molar-refractivity contribution in [3.05, 3.63) is 59.7 Å². The van der Waals surface area contributed by atoms with Crippen LogP contribution < -0.4 is 25.1 Å². The van der Waals surface area contributed by atoms with Crippen LogP contribution in [-0.2, 0) is 9.59 Å². The lowest BCUT2D eigenvalue weighted by Crippen LogP contribution is -2.43. The highest BCUT2D eigenvalue weighted by atomic mass is 16.7. The maximum absolute atomic E-state index is 11.8. The van der Waals surface area contributed by atoms with Crippen molar-refractivity contribution in [2.24, 2.45) is 0 Å². The predicted octanol–water partition coefficient (Wildman–Crippen LogP) is 1.53. The smallest absolute Gasteiger partial charge is 0.276 e. The zero-order chi connectivity index (χ0) is 19.1. The van der Waals surface area contributed by atoms with E-state index in [0.717, 1.165) is 5.56 Å². The van der Waals surface area contributed by atoms with Gasteiger partial charge in [0, 0.05) is 6.08 Å². The van der Waals surface area contributed by atoms with Crippen LogP contribution in [0.5, 0.6) is 17.2 Å². The lowest BCUT2D eigenvalue weighted by atomic mass is 10.2. The number of carbonyl (C=O) groups is 2.